The van der Waals surface area contributed by atoms with Crippen LogP contribution in [0.2, 0.25) is 10.2 Å². The summed E-state index contributed by atoms with van der Waals surface area (Å²) in [5.74, 6) is 0.542. The summed E-state index contributed by atoms with van der Waals surface area (Å²) in [5.41, 5.74) is 2.79. The lowest BCUT2D eigenvalue weighted by Crippen LogP contribution is -2.19. The van der Waals surface area contributed by atoms with E-state index in [-0.39, 0.29) is 5.56 Å². The summed E-state index contributed by atoms with van der Waals surface area (Å²) < 4.78 is 6.87. The van der Waals surface area contributed by atoms with Crippen LogP contribution in [0.4, 0.5) is 0 Å². The Hall–Kier alpha value is -2.04. The van der Waals surface area contributed by atoms with Gasteiger partial charge >= 0.3 is 0 Å². The molecule has 0 atom stereocenters. The molecule has 2 heterocycles. The predicted octanol–water partition coefficient (Wildman–Crippen LogP) is 4.48. The molecule has 4 nitrogen and oxygen atoms in total. The van der Waals surface area contributed by atoms with Gasteiger partial charge in [-0.3, -0.25) is 4.79 Å². The number of nitrogens with zero attached hydrogens (tertiary/aromatic N) is 2. The molecule has 6 heteroatoms. The van der Waals surface area contributed by atoms with Crippen LogP contribution in [-0.2, 0) is 13.5 Å². The number of methoxy groups -OCH3 is 1. The van der Waals surface area contributed by atoms with Crippen molar-refractivity contribution in [2.75, 3.05) is 7.11 Å². The van der Waals surface area contributed by atoms with Gasteiger partial charge in [0.2, 0.25) is 0 Å². The highest BCUT2D eigenvalue weighted by Crippen LogP contribution is 2.37. The molecule has 0 fully saturated rings. The van der Waals surface area contributed by atoms with Gasteiger partial charge in [-0.25, -0.2) is 4.98 Å². The van der Waals surface area contributed by atoms with Crippen molar-refractivity contribution >= 4 is 34.1 Å². The quantitative estimate of drug-likeness (QED) is 0.645. The molecule has 0 aliphatic rings. The highest BCUT2D eigenvalue weighted by atomic mass is 35.5. The minimum Gasteiger partial charge on any atom is -0.495 e. The molecule has 3 rings (SSSR count). The Morgan fingerprint density at radius 1 is 1.25 bits per heavy atom. The Morgan fingerprint density at radius 3 is 2.67 bits per heavy atom. The molecule has 0 spiro atoms. The first-order chi connectivity index (χ1) is 11.5. The van der Waals surface area contributed by atoms with E-state index in [2.05, 4.69) is 4.98 Å². The first-order valence-electron chi connectivity index (χ1n) is 7.49. The zero-order valence-electron chi connectivity index (χ0n) is 13.6. The van der Waals surface area contributed by atoms with E-state index >= 15 is 0 Å². The Labute approximate surface area is 149 Å². The Kier molecular flexibility index (Phi) is 4.52. The number of ether oxygens (including phenoxy) is 1. The molecule has 0 radical (unpaired) electrons. The van der Waals surface area contributed by atoms with Gasteiger partial charge in [-0.2, -0.15) is 0 Å². The molecular weight excluding hydrogens is 347 g/mol. The standard InChI is InChI=1S/C18H16Cl2N2O2/c1-4-10-5-6-14(24-3)17(20)16(10)12-7-11-9-21-15(19)8-13(11)22(2)18(12)23/h5-9H,4H2,1-3H3. The number of rotatable bonds is 3. The van der Waals surface area contributed by atoms with Crippen LogP contribution in [0.15, 0.2) is 35.3 Å². The lowest BCUT2D eigenvalue weighted by Gasteiger charge is -2.15. The lowest BCUT2D eigenvalue weighted by molar-refractivity contribution is 0.415. The second kappa shape index (κ2) is 6.46. The first-order valence-corrected chi connectivity index (χ1v) is 8.24. The summed E-state index contributed by atoms with van der Waals surface area (Å²) in [6.07, 6.45) is 2.40. The minimum atomic E-state index is -0.144. The van der Waals surface area contributed by atoms with E-state index in [9.17, 15) is 4.79 Å². The van der Waals surface area contributed by atoms with Crippen molar-refractivity contribution in [1.29, 1.82) is 0 Å². The maximum Gasteiger partial charge on any atom is 0.258 e. The number of hydrogen-bond acceptors (Lipinski definition) is 3. The average Bonchev–Trinajstić information content (AvgIpc) is 2.58. The van der Waals surface area contributed by atoms with Gasteiger partial charge in [0.05, 0.1) is 17.6 Å². The number of benzene rings is 1. The zero-order valence-corrected chi connectivity index (χ0v) is 15.1. The molecule has 0 aliphatic carbocycles. The smallest absolute Gasteiger partial charge is 0.258 e. The molecule has 0 saturated heterocycles. The largest absolute Gasteiger partial charge is 0.495 e. The molecule has 0 unspecified atom stereocenters. The topological polar surface area (TPSA) is 44.1 Å². The number of hydrogen-bond donors (Lipinski definition) is 0. The molecule has 1 aromatic carbocycles. The van der Waals surface area contributed by atoms with Crippen molar-refractivity contribution in [2.24, 2.45) is 7.05 Å². The number of aryl methyl sites for hydroxylation is 2. The molecule has 3 aromatic rings. The fourth-order valence-electron chi connectivity index (χ4n) is 2.86. The maximum atomic E-state index is 12.9. The van der Waals surface area contributed by atoms with Crippen LogP contribution in [0, 0.1) is 0 Å². The fraction of sp³-hybridized carbons (Fsp3) is 0.222. The third-order valence-corrected chi connectivity index (χ3v) is 4.72. The lowest BCUT2D eigenvalue weighted by atomic mass is 9.97. The number of fused-ring (bicyclic) bond motifs is 1. The second-order valence-corrected chi connectivity index (χ2v) is 6.22. The van der Waals surface area contributed by atoms with E-state index in [0.29, 0.717) is 27.1 Å². The number of aromatic nitrogens is 2. The monoisotopic (exact) mass is 362 g/mol. The van der Waals surface area contributed by atoms with Crippen molar-refractivity contribution in [3.05, 3.63) is 56.6 Å². The second-order valence-electron chi connectivity index (χ2n) is 5.46. The van der Waals surface area contributed by atoms with Gasteiger partial charge in [-0.15, -0.1) is 0 Å². The van der Waals surface area contributed by atoms with E-state index in [1.54, 1.807) is 37.1 Å². The Balaban J connectivity index is 2.41. The van der Waals surface area contributed by atoms with Crippen molar-refractivity contribution in [1.82, 2.24) is 9.55 Å². The van der Waals surface area contributed by atoms with Gasteiger partial charge in [-0.1, -0.05) is 36.2 Å². The minimum absolute atomic E-state index is 0.144. The molecule has 0 aliphatic heterocycles. The van der Waals surface area contributed by atoms with Crippen molar-refractivity contribution in [2.45, 2.75) is 13.3 Å². The average molecular weight is 363 g/mol. The van der Waals surface area contributed by atoms with Crippen molar-refractivity contribution < 1.29 is 4.74 Å². The highest BCUT2D eigenvalue weighted by molar-refractivity contribution is 6.35. The highest BCUT2D eigenvalue weighted by Gasteiger charge is 2.18. The van der Waals surface area contributed by atoms with Gasteiger partial charge in [0.25, 0.3) is 5.56 Å². The molecule has 0 saturated carbocycles. The Bertz CT molecular complexity index is 996. The van der Waals surface area contributed by atoms with Crippen LogP contribution < -0.4 is 10.3 Å². The number of pyridine rings is 2. The SMILES string of the molecule is CCc1ccc(OC)c(Cl)c1-c1cc2cnc(Cl)cc2n(C)c1=O. The summed E-state index contributed by atoms with van der Waals surface area (Å²) in [7, 11) is 3.27. The van der Waals surface area contributed by atoms with Gasteiger partial charge in [-0.05, 0) is 30.2 Å². The molecule has 124 valence electrons. The van der Waals surface area contributed by atoms with Gasteiger partial charge in [0, 0.05) is 29.8 Å². The van der Waals surface area contributed by atoms with Crippen LogP contribution in [0.1, 0.15) is 12.5 Å². The third-order valence-electron chi connectivity index (χ3n) is 4.14. The normalized spacial score (nSPS) is 11.0. The molecule has 24 heavy (non-hydrogen) atoms. The zero-order chi connectivity index (χ0) is 17.4. The van der Waals surface area contributed by atoms with Crippen LogP contribution in [0.3, 0.4) is 0 Å². The molecular formula is C18H16Cl2N2O2. The Morgan fingerprint density at radius 2 is 2.00 bits per heavy atom. The van der Waals surface area contributed by atoms with Crippen LogP contribution in [0.5, 0.6) is 5.75 Å². The van der Waals surface area contributed by atoms with Crippen LogP contribution >= 0.6 is 23.2 Å². The van der Waals surface area contributed by atoms with E-state index < -0.39 is 0 Å². The number of halogens is 2. The fourth-order valence-corrected chi connectivity index (χ4v) is 3.37. The maximum absolute atomic E-state index is 12.9. The van der Waals surface area contributed by atoms with E-state index in [1.165, 1.54) is 0 Å². The van der Waals surface area contributed by atoms with Crippen molar-refractivity contribution in [3.8, 4) is 16.9 Å². The molecule has 2 aromatic heterocycles. The predicted molar refractivity (Wildman–Crippen MR) is 98.4 cm³/mol. The van der Waals surface area contributed by atoms with Gasteiger partial charge in [0.15, 0.2) is 0 Å². The van der Waals surface area contributed by atoms with E-state index in [1.807, 2.05) is 19.1 Å². The van der Waals surface area contributed by atoms with Gasteiger partial charge in [0.1, 0.15) is 10.9 Å². The van der Waals surface area contributed by atoms with E-state index in [0.717, 1.165) is 22.9 Å². The van der Waals surface area contributed by atoms with E-state index in [4.69, 9.17) is 27.9 Å². The summed E-state index contributed by atoms with van der Waals surface area (Å²) in [4.78, 5) is 17.0. The van der Waals surface area contributed by atoms with Crippen molar-refractivity contribution in [3.63, 3.8) is 0 Å². The summed E-state index contributed by atoms with van der Waals surface area (Å²) in [6, 6.07) is 7.23. The summed E-state index contributed by atoms with van der Waals surface area (Å²) in [6.45, 7) is 2.02. The summed E-state index contributed by atoms with van der Waals surface area (Å²) in [5, 5.41) is 1.60. The summed E-state index contributed by atoms with van der Waals surface area (Å²) >= 11 is 12.5. The third kappa shape index (κ3) is 2.66. The van der Waals surface area contributed by atoms with Crippen LogP contribution in [-0.4, -0.2) is 16.7 Å². The molecule has 0 bridgehead atoms. The molecule has 0 N–H and O–H groups in total. The molecule has 0 amide bonds. The van der Waals surface area contributed by atoms with Gasteiger partial charge < -0.3 is 9.30 Å². The first kappa shape index (κ1) is 16.8. The van der Waals surface area contributed by atoms with Crippen LogP contribution in [0.25, 0.3) is 22.0 Å².